The molecule has 0 aromatic carbocycles. The van der Waals surface area contributed by atoms with E-state index < -0.39 is 5.91 Å². The summed E-state index contributed by atoms with van der Waals surface area (Å²) in [5.41, 5.74) is 5.43. The van der Waals surface area contributed by atoms with Gasteiger partial charge in [0.15, 0.2) is 12.4 Å². The van der Waals surface area contributed by atoms with Gasteiger partial charge in [-0.05, 0) is 0 Å². The van der Waals surface area contributed by atoms with Crippen LogP contribution in [0.15, 0.2) is 24.5 Å². The van der Waals surface area contributed by atoms with E-state index in [0.717, 1.165) is 0 Å². The minimum absolute atomic E-state index is 0.444. The first kappa shape index (κ1) is 6.54. The van der Waals surface area contributed by atoms with Crippen LogP contribution in [0.4, 0.5) is 0 Å². The lowest BCUT2D eigenvalue weighted by Gasteiger charge is -1.89. The van der Waals surface area contributed by atoms with E-state index in [4.69, 9.17) is 11.6 Å². The van der Waals surface area contributed by atoms with Crippen LogP contribution in [0.25, 0.3) is 0 Å². The van der Waals surface area contributed by atoms with E-state index in [-0.39, 0.29) is 0 Å². The highest BCUT2D eigenvalue weighted by Gasteiger charge is 2.00. The SMILES string of the molecule is NC(=O)c1cc[n+](N)cc1. The molecule has 1 aromatic rings. The van der Waals surface area contributed by atoms with Crippen LogP contribution in [0.3, 0.4) is 0 Å². The predicted octanol–water partition coefficient (Wildman–Crippen LogP) is -1.21. The molecule has 0 bridgehead atoms. The Kier molecular flexibility index (Phi) is 1.53. The Hall–Kier alpha value is -1.58. The topological polar surface area (TPSA) is 73.0 Å². The highest BCUT2D eigenvalue weighted by atomic mass is 16.1. The first-order chi connectivity index (χ1) is 4.70. The van der Waals surface area contributed by atoms with Crippen LogP contribution in [0.2, 0.25) is 0 Å². The van der Waals surface area contributed by atoms with Crippen molar-refractivity contribution in [3.05, 3.63) is 30.1 Å². The number of primary amides is 1. The molecule has 0 aliphatic carbocycles. The molecule has 0 saturated carbocycles. The number of pyridine rings is 1. The summed E-state index contributed by atoms with van der Waals surface area (Å²) in [6, 6.07) is 3.12. The van der Waals surface area contributed by atoms with Crippen molar-refractivity contribution in [2.24, 2.45) is 5.73 Å². The summed E-state index contributed by atoms with van der Waals surface area (Å²) in [5, 5.41) is 0. The molecule has 0 fully saturated rings. The Morgan fingerprint density at radius 2 is 1.90 bits per heavy atom. The number of carbonyl (C=O) groups is 1. The van der Waals surface area contributed by atoms with Gasteiger partial charge in [-0.15, -0.1) is 0 Å². The molecule has 4 nitrogen and oxygen atoms in total. The fourth-order valence-corrected chi connectivity index (χ4v) is 0.602. The van der Waals surface area contributed by atoms with Gasteiger partial charge in [0, 0.05) is 12.1 Å². The van der Waals surface area contributed by atoms with Gasteiger partial charge in [0.05, 0.1) is 5.56 Å². The van der Waals surface area contributed by atoms with Gasteiger partial charge >= 0.3 is 0 Å². The molecular formula is C6H8N3O+. The van der Waals surface area contributed by atoms with Crippen LogP contribution in [-0.4, -0.2) is 5.91 Å². The Balaban J connectivity index is 3.00. The van der Waals surface area contributed by atoms with Crippen LogP contribution in [-0.2, 0) is 0 Å². The first-order valence-corrected chi connectivity index (χ1v) is 2.76. The minimum atomic E-state index is -0.444. The summed E-state index contributed by atoms with van der Waals surface area (Å²) in [7, 11) is 0. The third-order valence-electron chi connectivity index (χ3n) is 1.14. The van der Waals surface area contributed by atoms with Gasteiger partial charge in [0.2, 0.25) is 5.91 Å². The van der Waals surface area contributed by atoms with E-state index in [9.17, 15) is 4.79 Å². The molecule has 0 radical (unpaired) electrons. The number of amides is 1. The average molecular weight is 138 g/mol. The van der Waals surface area contributed by atoms with Crippen molar-refractivity contribution in [3.8, 4) is 0 Å². The molecule has 0 atom stereocenters. The summed E-state index contributed by atoms with van der Waals surface area (Å²) in [6.07, 6.45) is 3.11. The lowest BCUT2D eigenvalue weighted by molar-refractivity contribution is -0.638. The summed E-state index contributed by atoms with van der Waals surface area (Å²) >= 11 is 0. The number of hydrogen-bond acceptors (Lipinski definition) is 2. The van der Waals surface area contributed by atoms with E-state index in [0.29, 0.717) is 5.56 Å². The van der Waals surface area contributed by atoms with Crippen LogP contribution in [0, 0.1) is 0 Å². The maximum Gasteiger partial charge on any atom is 0.249 e. The van der Waals surface area contributed by atoms with E-state index >= 15 is 0 Å². The van der Waals surface area contributed by atoms with Gasteiger partial charge in [-0.2, -0.15) is 0 Å². The molecule has 1 amide bonds. The molecule has 1 heterocycles. The predicted molar refractivity (Wildman–Crippen MR) is 35.3 cm³/mol. The molecule has 1 aromatic heterocycles. The fourth-order valence-electron chi connectivity index (χ4n) is 0.602. The minimum Gasteiger partial charge on any atom is -0.366 e. The van der Waals surface area contributed by atoms with Crippen molar-refractivity contribution in [2.45, 2.75) is 0 Å². The van der Waals surface area contributed by atoms with Crippen molar-refractivity contribution >= 4 is 5.91 Å². The van der Waals surface area contributed by atoms with E-state index in [1.54, 1.807) is 24.5 Å². The molecular weight excluding hydrogens is 130 g/mol. The number of nitrogen functional groups attached to an aromatic ring is 1. The summed E-state index contributed by atoms with van der Waals surface area (Å²) in [4.78, 5) is 10.5. The Morgan fingerprint density at radius 3 is 2.30 bits per heavy atom. The summed E-state index contributed by atoms with van der Waals surface area (Å²) < 4.78 is 1.34. The third kappa shape index (κ3) is 1.22. The van der Waals surface area contributed by atoms with Crippen LogP contribution in [0.5, 0.6) is 0 Å². The molecule has 0 unspecified atom stereocenters. The standard InChI is InChI=1S/C6H7N3O/c7-6(10)5-1-3-9(8)4-2-5/h1-4H,(H3-,7,8,10)/p+1. The number of rotatable bonds is 1. The molecule has 10 heavy (non-hydrogen) atoms. The van der Waals surface area contributed by atoms with Crippen LogP contribution < -0.4 is 16.3 Å². The normalized spacial score (nSPS) is 9.20. The largest absolute Gasteiger partial charge is 0.366 e. The Morgan fingerprint density at radius 1 is 1.40 bits per heavy atom. The van der Waals surface area contributed by atoms with Gasteiger partial charge in [-0.1, -0.05) is 4.68 Å². The third-order valence-corrected chi connectivity index (χ3v) is 1.14. The van der Waals surface area contributed by atoms with Crippen molar-refractivity contribution in [1.29, 1.82) is 0 Å². The van der Waals surface area contributed by atoms with E-state index in [1.807, 2.05) is 0 Å². The van der Waals surface area contributed by atoms with Gasteiger partial charge in [0.25, 0.3) is 0 Å². The Bertz CT molecular complexity index is 242. The van der Waals surface area contributed by atoms with Crippen molar-refractivity contribution in [1.82, 2.24) is 0 Å². The van der Waals surface area contributed by atoms with Gasteiger partial charge in [-0.3, -0.25) is 4.79 Å². The second kappa shape index (κ2) is 2.34. The maximum atomic E-state index is 10.5. The van der Waals surface area contributed by atoms with Crippen molar-refractivity contribution < 1.29 is 9.47 Å². The average Bonchev–Trinajstić information content (AvgIpc) is 1.88. The van der Waals surface area contributed by atoms with Crippen LogP contribution in [0.1, 0.15) is 10.4 Å². The number of carbonyl (C=O) groups excluding carboxylic acids is 1. The summed E-state index contributed by atoms with van der Waals surface area (Å²) in [5.74, 6) is 4.85. The zero-order valence-electron chi connectivity index (χ0n) is 5.32. The number of aromatic nitrogens is 1. The number of hydrogen-bond donors (Lipinski definition) is 2. The second-order valence-electron chi connectivity index (χ2n) is 1.90. The maximum absolute atomic E-state index is 10.5. The molecule has 0 spiro atoms. The van der Waals surface area contributed by atoms with Gasteiger partial charge in [0.1, 0.15) is 0 Å². The molecule has 0 aliphatic heterocycles. The lowest BCUT2D eigenvalue weighted by atomic mass is 10.3. The molecule has 0 saturated heterocycles. The highest BCUT2D eigenvalue weighted by Crippen LogP contribution is 1.90. The van der Waals surface area contributed by atoms with E-state index in [1.165, 1.54) is 4.68 Å². The molecule has 4 heteroatoms. The Labute approximate surface area is 58.0 Å². The zero-order valence-corrected chi connectivity index (χ0v) is 5.32. The van der Waals surface area contributed by atoms with Crippen molar-refractivity contribution in [3.63, 3.8) is 0 Å². The quantitative estimate of drug-likeness (QED) is 0.377. The van der Waals surface area contributed by atoms with Gasteiger partial charge < -0.3 is 5.73 Å². The smallest absolute Gasteiger partial charge is 0.249 e. The lowest BCUT2D eigenvalue weighted by Crippen LogP contribution is -2.43. The molecule has 4 N–H and O–H groups in total. The fraction of sp³-hybridized carbons (Fsp3) is 0. The zero-order chi connectivity index (χ0) is 7.56. The van der Waals surface area contributed by atoms with Gasteiger partial charge in [-0.25, -0.2) is 5.84 Å². The van der Waals surface area contributed by atoms with Crippen LogP contribution >= 0.6 is 0 Å². The monoisotopic (exact) mass is 138 g/mol. The highest BCUT2D eigenvalue weighted by molar-refractivity contribution is 5.92. The second-order valence-corrected chi connectivity index (χ2v) is 1.90. The number of nitrogens with zero attached hydrogens (tertiary/aromatic N) is 1. The number of nitrogens with two attached hydrogens (primary N) is 2. The summed E-state index contributed by atoms with van der Waals surface area (Å²) in [6.45, 7) is 0. The molecule has 52 valence electrons. The molecule has 0 aliphatic rings. The first-order valence-electron chi connectivity index (χ1n) is 2.76. The van der Waals surface area contributed by atoms with Crippen molar-refractivity contribution in [2.75, 3.05) is 5.84 Å². The molecule has 1 rings (SSSR count). The van der Waals surface area contributed by atoms with E-state index in [2.05, 4.69) is 0 Å².